The van der Waals surface area contributed by atoms with Crippen molar-refractivity contribution in [2.75, 3.05) is 6.61 Å². The molecule has 1 aromatic rings. The van der Waals surface area contributed by atoms with Gasteiger partial charge in [0.15, 0.2) is 17.3 Å². The van der Waals surface area contributed by atoms with Gasteiger partial charge in [0.1, 0.15) is 28.6 Å². The van der Waals surface area contributed by atoms with Crippen LogP contribution in [-0.4, -0.2) is 29.1 Å². The predicted molar refractivity (Wildman–Crippen MR) is 140 cm³/mol. The van der Waals surface area contributed by atoms with Crippen molar-refractivity contribution in [2.45, 2.75) is 88.0 Å². The van der Waals surface area contributed by atoms with Crippen molar-refractivity contribution in [3.8, 4) is 17.2 Å². The van der Waals surface area contributed by atoms with Crippen molar-refractivity contribution in [3.63, 3.8) is 0 Å². The number of phenolic OH excluding ortho intramolecular Hbond substituents is 1. The van der Waals surface area contributed by atoms with Gasteiger partial charge in [-0.05, 0) is 51.9 Å². The SMILES string of the molecule is CC(C)COc1cc2c(c(O)c1C(=O)CC(C)C)C(CC(C)C)C1=C(O2)C(C)(C)C(=O)C(C)(C)C1=O. The number of carbonyl (C=O) groups is 3. The zero-order valence-corrected chi connectivity index (χ0v) is 23.5. The van der Waals surface area contributed by atoms with E-state index in [1.165, 1.54) is 0 Å². The molecule has 198 valence electrons. The highest BCUT2D eigenvalue weighted by molar-refractivity contribution is 6.20. The monoisotopic (exact) mass is 498 g/mol. The van der Waals surface area contributed by atoms with E-state index in [1.54, 1.807) is 33.8 Å². The number of ether oxygens (including phenoxy) is 2. The molecule has 0 saturated heterocycles. The molecule has 0 bridgehead atoms. The summed E-state index contributed by atoms with van der Waals surface area (Å²) in [4.78, 5) is 40.5. The number of ketones is 3. The zero-order chi connectivity index (χ0) is 27.3. The molecule has 1 aliphatic carbocycles. The van der Waals surface area contributed by atoms with Gasteiger partial charge in [-0.25, -0.2) is 0 Å². The number of allylic oxidation sites excluding steroid dienone is 2. The lowest BCUT2D eigenvalue weighted by molar-refractivity contribution is -0.144. The summed E-state index contributed by atoms with van der Waals surface area (Å²) >= 11 is 0. The Bertz CT molecular complexity index is 1120. The molecule has 0 spiro atoms. The summed E-state index contributed by atoms with van der Waals surface area (Å²) in [5, 5.41) is 11.7. The average Bonchev–Trinajstić information content (AvgIpc) is 2.74. The summed E-state index contributed by atoms with van der Waals surface area (Å²) in [6.45, 7) is 19.2. The molecule has 1 aliphatic heterocycles. The number of aromatic hydroxyl groups is 1. The molecule has 36 heavy (non-hydrogen) atoms. The van der Waals surface area contributed by atoms with Crippen LogP contribution in [-0.2, 0) is 9.59 Å². The highest BCUT2D eigenvalue weighted by Gasteiger charge is 2.57. The van der Waals surface area contributed by atoms with Gasteiger partial charge in [-0.15, -0.1) is 0 Å². The molecular formula is C30H42O6. The molecular weight excluding hydrogens is 456 g/mol. The van der Waals surface area contributed by atoms with Gasteiger partial charge in [-0.1, -0.05) is 41.5 Å². The van der Waals surface area contributed by atoms with Crippen molar-refractivity contribution in [3.05, 3.63) is 28.5 Å². The van der Waals surface area contributed by atoms with E-state index < -0.39 is 16.7 Å². The number of benzene rings is 1. The van der Waals surface area contributed by atoms with E-state index in [9.17, 15) is 19.5 Å². The summed E-state index contributed by atoms with van der Waals surface area (Å²) in [5.74, 6) is 0.0327. The van der Waals surface area contributed by atoms with E-state index >= 15 is 0 Å². The summed E-state index contributed by atoms with van der Waals surface area (Å²) in [6.07, 6.45) is 0.806. The van der Waals surface area contributed by atoms with Gasteiger partial charge in [0.25, 0.3) is 0 Å². The largest absolute Gasteiger partial charge is 0.507 e. The molecule has 1 heterocycles. The average molecular weight is 499 g/mol. The quantitative estimate of drug-likeness (QED) is 0.319. The molecule has 1 unspecified atom stereocenters. The van der Waals surface area contributed by atoms with Crippen LogP contribution in [0, 0.1) is 28.6 Å². The minimum atomic E-state index is -1.22. The van der Waals surface area contributed by atoms with E-state index in [0.29, 0.717) is 35.7 Å². The van der Waals surface area contributed by atoms with Gasteiger partial charge in [0.2, 0.25) is 0 Å². The predicted octanol–water partition coefficient (Wildman–Crippen LogP) is 6.64. The van der Waals surface area contributed by atoms with E-state index in [-0.39, 0.29) is 58.6 Å². The number of phenols is 1. The fourth-order valence-corrected chi connectivity index (χ4v) is 5.40. The second-order valence-corrected chi connectivity index (χ2v) is 12.7. The Morgan fingerprint density at radius 3 is 2.14 bits per heavy atom. The summed E-state index contributed by atoms with van der Waals surface area (Å²) < 4.78 is 12.3. The highest BCUT2D eigenvalue weighted by atomic mass is 16.5. The Labute approximate surface area is 215 Å². The maximum Gasteiger partial charge on any atom is 0.175 e. The fraction of sp³-hybridized carbons (Fsp3) is 0.633. The highest BCUT2D eigenvalue weighted by Crippen LogP contribution is 2.57. The molecule has 1 atom stereocenters. The number of rotatable bonds is 8. The van der Waals surface area contributed by atoms with Crippen LogP contribution in [0.5, 0.6) is 17.2 Å². The first-order valence-electron chi connectivity index (χ1n) is 13.1. The van der Waals surface area contributed by atoms with Crippen molar-refractivity contribution in [1.29, 1.82) is 0 Å². The van der Waals surface area contributed by atoms with Gasteiger partial charge in [-0.3, -0.25) is 14.4 Å². The second-order valence-electron chi connectivity index (χ2n) is 12.7. The molecule has 6 nitrogen and oxygen atoms in total. The maximum absolute atomic E-state index is 13.8. The Morgan fingerprint density at radius 1 is 1.00 bits per heavy atom. The van der Waals surface area contributed by atoms with Crippen LogP contribution in [0.25, 0.3) is 0 Å². The van der Waals surface area contributed by atoms with Crippen LogP contribution < -0.4 is 9.47 Å². The van der Waals surface area contributed by atoms with Gasteiger partial charge in [0.05, 0.1) is 17.4 Å². The molecule has 0 aromatic heterocycles. The Kier molecular flexibility index (Phi) is 7.51. The maximum atomic E-state index is 13.8. The summed E-state index contributed by atoms with van der Waals surface area (Å²) in [6, 6.07) is 1.66. The van der Waals surface area contributed by atoms with E-state index in [4.69, 9.17) is 9.47 Å². The smallest absolute Gasteiger partial charge is 0.175 e. The Balaban J connectivity index is 2.33. The molecule has 6 heteroatoms. The number of hydrogen-bond donors (Lipinski definition) is 1. The molecule has 0 fully saturated rings. The van der Waals surface area contributed by atoms with Gasteiger partial charge in [-0.2, -0.15) is 0 Å². The summed E-state index contributed by atoms with van der Waals surface area (Å²) in [5.41, 5.74) is -1.24. The lowest BCUT2D eigenvalue weighted by Gasteiger charge is -2.45. The molecule has 3 rings (SSSR count). The van der Waals surface area contributed by atoms with Crippen LogP contribution >= 0.6 is 0 Å². The van der Waals surface area contributed by atoms with Crippen LogP contribution in [0.4, 0.5) is 0 Å². The minimum absolute atomic E-state index is 0.0930. The van der Waals surface area contributed by atoms with Crippen LogP contribution in [0.2, 0.25) is 0 Å². The molecule has 1 N–H and O–H groups in total. The van der Waals surface area contributed by atoms with Crippen LogP contribution in [0.15, 0.2) is 17.4 Å². The Morgan fingerprint density at radius 2 is 1.61 bits per heavy atom. The first-order chi connectivity index (χ1) is 16.5. The first kappa shape index (κ1) is 27.9. The van der Waals surface area contributed by atoms with Crippen molar-refractivity contribution in [2.24, 2.45) is 28.6 Å². The van der Waals surface area contributed by atoms with Gasteiger partial charge >= 0.3 is 0 Å². The standard InChI is InChI=1S/C30H42O6/c1-15(2)11-18-22-21(36-27-23(18)26(33)29(7,8)28(34)30(27,9)10)13-20(35-14-17(5)6)24(25(22)32)19(31)12-16(3)4/h13,15-18,32H,11-12,14H2,1-10H3. The first-order valence-corrected chi connectivity index (χ1v) is 13.1. The fourth-order valence-electron chi connectivity index (χ4n) is 5.40. The molecule has 1 aromatic carbocycles. The van der Waals surface area contributed by atoms with Crippen molar-refractivity contribution in [1.82, 2.24) is 0 Å². The third kappa shape index (κ3) is 4.71. The van der Waals surface area contributed by atoms with E-state index in [1.807, 2.05) is 41.5 Å². The zero-order valence-electron chi connectivity index (χ0n) is 23.5. The third-order valence-corrected chi connectivity index (χ3v) is 7.09. The number of hydrogen-bond acceptors (Lipinski definition) is 6. The van der Waals surface area contributed by atoms with Crippen molar-refractivity contribution >= 4 is 17.3 Å². The van der Waals surface area contributed by atoms with Gasteiger partial charge < -0.3 is 14.6 Å². The normalized spacial score (nSPS) is 20.5. The molecule has 0 amide bonds. The van der Waals surface area contributed by atoms with E-state index in [2.05, 4.69) is 0 Å². The number of Topliss-reactive ketones (excluding diaryl/α,β-unsaturated/α-hetero) is 3. The minimum Gasteiger partial charge on any atom is -0.507 e. The molecule has 0 radical (unpaired) electrons. The molecule has 0 saturated carbocycles. The summed E-state index contributed by atoms with van der Waals surface area (Å²) in [7, 11) is 0. The Hall–Kier alpha value is -2.63. The van der Waals surface area contributed by atoms with E-state index in [0.717, 1.165) is 0 Å². The van der Waals surface area contributed by atoms with Crippen LogP contribution in [0.1, 0.15) is 104 Å². The number of fused-ring (bicyclic) bond motifs is 1. The van der Waals surface area contributed by atoms with Crippen LogP contribution in [0.3, 0.4) is 0 Å². The number of carbonyl (C=O) groups excluding carboxylic acids is 3. The van der Waals surface area contributed by atoms with Gasteiger partial charge in [0, 0.05) is 29.5 Å². The topological polar surface area (TPSA) is 89.9 Å². The lowest BCUT2D eigenvalue weighted by atomic mass is 9.59. The third-order valence-electron chi connectivity index (χ3n) is 7.09. The molecule has 2 aliphatic rings. The lowest BCUT2D eigenvalue weighted by Crippen LogP contribution is -2.51. The van der Waals surface area contributed by atoms with Crippen molar-refractivity contribution < 1.29 is 29.0 Å². The second kappa shape index (κ2) is 9.68.